The minimum absolute atomic E-state index is 0.0446. The molecular weight excluding hydrogens is 472 g/mol. The number of aromatic nitrogens is 2. The Bertz CT molecular complexity index is 1150. The van der Waals surface area contributed by atoms with Crippen molar-refractivity contribution in [1.82, 2.24) is 20.4 Å². The fraction of sp³-hybridized carbons (Fsp3) is 0.263. The molecule has 12 nitrogen and oxygen atoms in total. The van der Waals surface area contributed by atoms with Crippen LogP contribution in [0.15, 0.2) is 51.2 Å². The zero-order chi connectivity index (χ0) is 23.7. The van der Waals surface area contributed by atoms with Crippen molar-refractivity contribution in [2.24, 2.45) is 11.5 Å². The third kappa shape index (κ3) is 4.44. The Balaban J connectivity index is 1.45. The van der Waals surface area contributed by atoms with Crippen molar-refractivity contribution in [2.75, 3.05) is 11.5 Å². The molecule has 6 N–H and O–H groups in total. The van der Waals surface area contributed by atoms with Gasteiger partial charge in [-0.05, 0) is 11.1 Å². The third-order valence-electron chi connectivity index (χ3n) is 4.98. The highest BCUT2D eigenvalue weighted by atomic mass is 32.2. The van der Waals surface area contributed by atoms with E-state index in [1.165, 1.54) is 11.8 Å². The number of carboxylic acids is 1. The highest BCUT2D eigenvalue weighted by Gasteiger charge is 2.54. The summed E-state index contributed by atoms with van der Waals surface area (Å²) >= 11 is 2.34. The van der Waals surface area contributed by atoms with Gasteiger partial charge in [-0.1, -0.05) is 42.1 Å². The largest absolute Gasteiger partial charge is 0.477 e. The lowest BCUT2D eigenvalue weighted by molar-refractivity contribution is -0.150. The summed E-state index contributed by atoms with van der Waals surface area (Å²) in [6, 6.07) is 6.88. The topological polar surface area (TPSA) is 195 Å². The SMILES string of the molecule is NC(=O)c1nnc(SCC2=C(C(=O)O)N3C(=O)C(NC(=O)C(N)c4ccccc4)[C@@H]3SC2)o1. The second kappa shape index (κ2) is 9.25. The third-order valence-corrected chi connectivity index (χ3v) is 7.22. The molecule has 0 radical (unpaired) electrons. The van der Waals surface area contributed by atoms with Gasteiger partial charge in [-0.15, -0.1) is 22.0 Å². The van der Waals surface area contributed by atoms with E-state index >= 15 is 0 Å². The van der Waals surface area contributed by atoms with Crippen molar-refractivity contribution in [1.29, 1.82) is 0 Å². The van der Waals surface area contributed by atoms with E-state index < -0.39 is 41.1 Å². The first kappa shape index (κ1) is 22.8. The molecule has 3 atom stereocenters. The fourth-order valence-electron chi connectivity index (χ4n) is 3.37. The van der Waals surface area contributed by atoms with E-state index in [-0.39, 0.29) is 22.6 Å². The highest BCUT2D eigenvalue weighted by molar-refractivity contribution is 8.01. The van der Waals surface area contributed by atoms with Gasteiger partial charge in [-0.25, -0.2) is 4.79 Å². The average Bonchev–Trinajstić information content (AvgIpc) is 3.29. The summed E-state index contributed by atoms with van der Waals surface area (Å²) in [6.07, 6.45) is 0. The van der Waals surface area contributed by atoms with Gasteiger partial charge in [0.2, 0.25) is 5.91 Å². The summed E-state index contributed by atoms with van der Waals surface area (Å²) in [5, 5.41) is 19.0. The smallest absolute Gasteiger partial charge is 0.352 e. The van der Waals surface area contributed by atoms with Crippen LogP contribution in [0.4, 0.5) is 0 Å². The van der Waals surface area contributed by atoms with Gasteiger partial charge in [-0.3, -0.25) is 19.3 Å². The van der Waals surface area contributed by atoms with Gasteiger partial charge in [0, 0.05) is 11.5 Å². The van der Waals surface area contributed by atoms with Gasteiger partial charge in [-0.2, -0.15) is 0 Å². The van der Waals surface area contributed by atoms with Crippen LogP contribution in [0.5, 0.6) is 0 Å². The van der Waals surface area contributed by atoms with Crippen LogP contribution in [0.3, 0.4) is 0 Å². The quantitative estimate of drug-likeness (QED) is 0.280. The van der Waals surface area contributed by atoms with Gasteiger partial charge in [0.25, 0.3) is 11.1 Å². The maximum Gasteiger partial charge on any atom is 0.352 e. The van der Waals surface area contributed by atoms with Crippen molar-refractivity contribution in [3.05, 3.63) is 53.1 Å². The first-order valence-corrected chi connectivity index (χ1v) is 11.6. The van der Waals surface area contributed by atoms with Crippen molar-refractivity contribution in [3.63, 3.8) is 0 Å². The molecule has 2 unspecified atom stereocenters. The number of hydrogen-bond acceptors (Lipinski definition) is 10. The van der Waals surface area contributed by atoms with Gasteiger partial charge in [0.15, 0.2) is 0 Å². The van der Waals surface area contributed by atoms with E-state index in [0.29, 0.717) is 16.9 Å². The number of carbonyl (C=O) groups is 4. The normalized spacial score (nSPS) is 20.6. The number of nitrogens with zero attached hydrogens (tertiary/aromatic N) is 3. The fourth-order valence-corrected chi connectivity index (χ4v) is 5.61. The van der Waals surface area contributed by atoms with Crippen molar-refractivity contribution in [3.8, 4) is 0 Å². The number of β-lactam (4-membered cyclic amide) rings is 1. The number of rotatable bonds is 8. The lowest BCUT2D eigenvalue weighted by Crippen LogP contribution is -2.71. The van der Waals surface area contributed by atoms with Gasteiger partial charge < -0.3 is 26.3 Å². The molecule has 3 heterocycles. The minimum Gasteiger partial charge on any atom is -0.477 e. The van der Waals surface area contributed by atoms with Crippen molar-refractivity contribution in [2.45, 2.75) is 22.7 Å². The van der Waals surface area contributed by atoms with Crippen LogP contribution in [-0.4, -0.2) is 66.8 Å². The summed E-state index contributed by atoms with van der Waals surface area (Å²) in [4.78, 5) is 49.5. The van der Waals surface area contributed by atoms with Gasteiger partial charge >= 0.3 is 17.8 Å². The first-order chi connectivity index (χ1) is 15.8. The summed E-state index contributed by atoms with van der Waals surface area (Å²) in [7, 11) is 0. The Morgan fingerprint density at radius 2 is 2.03 bits per heavy atom. The first-order valence-electron chi connectivity index (χ1n) is 9.55. The molecule has 0 aliphatic carbocycles. The molecule has 2 aromatic rings. The van der Waals surface area contributed by atoms with Crippen LogP contribution < -0.4 is 16.8 Å². The van der Waals surface area contributed by atoms with E-state index in [0.717, 1.165) is 16.7 Å². The van der Waals surface area contributed by atoms with Gasteiger partial charge in [0.05, 0.1) is 0 Å². The maximum atomic E-state index is 12.8. The highest BCUT2D eigenvalue weighted by Crippen LogP contribution is 2.41. The molecule has 14 heteroatoms. The maximum absolute atomic E-state index is 12.8. The Morgan fingerprint density at radius 3 is 2.67 bits per heavy atom. The number of fused-ring (bicyclic) bond motifs is 1. The molecular formula is C19H18N6O6S2. The number of aliphatic carboxylic acids is 1. The zero-order valence-corrected chi connectivity index (χ0v) is 18.5. The second-order valence-corrected chi connectivity index (χ2v) is 9.10. The number of carboxylic acid groups (broad SMARTS) is 1. The number of benzene rings is 1. The van der Waals surface area contributed by atoms with E-state index in [1.807, 2.05) is 0 Å². The number of amides is 3. The predicted octanol–water partition coefficient (Wildman–Crippen LogP) is -0.301. The lowest BCUT2D eigenvalue weighted by Gasteiger charge is -2.49. The molecule has 4 rings (SSSR count). The number of hydrogen-bond donors (Lipinski definition) is 4. The van der Waals surface area contributed by atoms with Crippen molar-refractivity contribution >= 4 is 47.2 Å². The summed E-state index contributed by atoms with van der Waals surface area (Å²) in [5.41, 5.74) is 12.0. The molecule has 0 spiro atoms. The van der Waals surface area contributed by atoms with E-state index in [2.05, 4.69) is 15.5 Å². The van der Waals surface area contributed by atoms with Crippen molar-refractivity contribution < 1.29 is 28.7 Å². The van der Waals surface area contributed by atoms with E-state index in [1.54, 1.807) is 30.3 Å². The molecule has 0 saturated carbocycles. The molecule has 0 bridgehead atoms. The molecule has 3 amide bonds. The number of nitrogens with one attached hydrogen (secondary N) is 1. The summed E-state index contributed by atoms with van der Waals surface area (Å²) < 4.78 is 5.08. The second-order valence-electron chi connectivity index (χ2n) is 7.07. The van der Waals surface area contributed by atoms with E-state index in [9.17, 15) is 24.3 Å². The zero-order valence-electron chi connectivity index (χ0n) is 16.8. The van der Waals surface area contributed by atoms with Gasteiger partial charge in [0.1, 0.15) is 23.2 Å². The predicted molar refractivity (Wildman–Crippen MR) is 117 cm³/mol. The molecule has 33 heavy (non-hydrogen) atoms. The molecule has 2 aliphatic rings. The molecule has 1 aromatic carbocycles. The Morgan fingerprint density at radius 1 is 1.30 bits per heavy atom. The Hall–Kier alpha value is -3.36. The van der Waals surface area contributed by atoms with Crippen LogP contribution in [-0.2, 0) is 14.4 Å². The van der Waals surface area contributed by atoms with Crippen LogP contribution >= 0.6 is 23.5 Å². The standard InChI is InChI=1S/C19H18N6O6S2/c20-10(8-4-2-1-3-5-8)14(27)22-11-16(28)25-12(18(29)30)9(6-32-17(11)25)7-33-19-24-23-15(31-19)13(21)26/h1-5,10-11,17H,6-7,20H2,(H2,21,26)(H,22,27)(H,29,30)/t10?,11?,17-/m0/s1. The number of primary amides is 1. The monoisotopic (exact) mass is 490 g/mol. The number of nitrogens with two attached hydrogens (primary N) is 2. The minimum atomic E-state index is -1.27. The van der Waals surface area contributed by atoms with Crippen LogP contribution in [0, 0.1) is 0 Å². The molecule has 1 fully saturated rings. The van der Waals surface area contributed by atoms with E-state index in [4.69, 9.17) is 15.9 Å². The molecule has 1 aromatic heterocycles. The van der Waals surface area contributed by atoms with Crippen LogP contribution in [0.25, 0.3) is 0 Å². The lowest BCUT2D eigenvalue weighted by atomic mass is 10.0. The molecule has 172 valence electrons. The molecule has 2 aliphatic heterocycles. The number of carbonyl (C=O) groups excluding carboxylic acids is 3. The van der Waals surface area contributed by atoms with Crippen LogP contribution in [0.1, 0.15) is 22.3 Å². The molecule has 1 saturated heterocycles. The van der Waals surface area contributed by atoms with Crippen LogP contribution in [0.2, 0.25) is 0 Å². The Kier molecular flexibility index (Phi) is 6.40. The number of thioether (sulfide) groups is 2. The average molecular weight is 491 g/mol. The Labute approximate surface area is 195 Å². The summed E-state index contributed by atoms with van der Waals surface area (Å²) in [5.74, 6) is -3.11. The summed E-state index contributed by atoms with van der Waals surface area (Å²) in [6.45, 7) is 0.